The maximum atomic E-state index is 14.4. The lowest BCUT2D eigenvalue weighted by Crippen LogP contribution is -2.50. The third-order valence-electron chi connectivity index (χ3n) is 16.8. The van der Waals surface area contributed by atoms with Crippen molar-refractivity contribution < 1.29 is 90.9 Å². The van der Waals surface area contributed by atoms with Crippen LogP contribution in [0.4, 0.5) is 16.2 Å². The Hall–Kier alpha value is -9.14. The molecule has 5 heterocycles. The van der Waals surface area contributed by atoms with E-state index in [2.05, 4.69) is 10.3 Å². The number of aliphatic hydroxyl groups is 1. The van der Waals surface area contributed by atoms with Crippen LogP contribution in [-0.4, -0.2) is 190 Å². The number of Topliss-reactive ketones (excluding diaryl/α,β-unsaturated/α-hetero) is 3. The number of carbonyl (C=O) groups is 9. The van der Waals surface area contributed by atoms with Gasteiger partial charge in [0.05, 0.1) is 114 Å². The van der Waals surface area contributed by atoms with Crippen LogP contribution in [-0.2, 0) is 65.5 Å². The minimum absolute atomic E-state index is 0.0236. The number of aliphatic hydroxyl groups excluding tert-OH is 1. The topological polar surface area (TPSA) is 294 Å². The normalized spacial score (nSPS) is 17.8. The summed E-state index contributed by atoms with van der Waals surface area (Å²) in [5, 5.41) is 14.9. The van der Waals surface area contributed by atoms with E-state index in [-0.39, 0.29) is 143 Å². The first-order valence-corrected chi connectivity index (χ1v) is 32.8. The SMILES string of the molecule is C/C=C/C1=CN2C(=O)c3cc(OC)c(OCCCOc4cc5c(cc4OC)C(=O)N4C=C(/C=C/C)C[C@H]4[C@H](O)N5C(=O)OCc4ccc(CC(=O)[C@H](C)NC(=O)[C@H](CC(=O)CCOCCOCCOCCOCCCC(=O)CCN5C(=O)C=CC5=O)C(C)C)cc4)cc3N=C[C@@H]2C1. The Balaban J connectivity index is 0.757. The number of ketones is 3. The van der Waals surface area contributed by atoms with Gasteiger partial charge in [-0.15, -0.1) is 0 Å². The summed E-state index contributed by atoms with van der Waals surface area (Å²) in [6, 6.07) is 11.1. The van der Waals surface area contributed by atoms with Crippen LogP contribution in [0, 0.1) is 11.8 Å². The van der Waals surface area contributed by atoms with Gasteiger partial charge in [0, 0.05) is 100 Å². The molecule has 0 unspecified atom stereocenters. The molecule has 5 aliphatic heterocycles. The quantitative estimate of drug-likeness (QED) is 0.0403. The molecule has 5 aliphatic rings. The molecule has 8 rings (SSSR count). The minimum atomic E-state index is -1.57. The van der Waals surface area contributed by atoms with E-state index in [1.807, 2.05) is 58.2 Å². The molecule has 0 saturated heterocycles. The number of rotatable bonds is 39. The number of fused-ring (bicyclic) bond motifs is 4. The van der Waals surface area contributed by atoms with Crippen LogP contribution < -0.4 is 29.2 Å². The Morgan fingerprint density at radius 2 is 1.23 bits per heavy atom. The summed E-state index contributed by atoms with van der Waals surface area (Å²) >= 11 is 0. The first-order chi connectivity index (χ1) is 46.8. The summed E-state index contributed by atoms with van der Waals surface area (Å²) < 4.78 is 51.8. The van der Waals surface area contributed by atoms with Gasteiger partial charge in [-0.1, -0.05) is 62.4 Å². The second kappa shape index (κ2) is 36.3. The summed E-state index contributed by atoms with van der Waals surface area (Å²) in [4.78, 5) is 128. The number of allylic oxidation sites excluding steroid dienone is 4. The minimum Gasteiger partial charge on any atom is -0.493 e. The van der Waals surface area contributed by atoms with Crippen molar-refractivity contribution in [3.63, 3.8) is 0 Å². The van der Waals surface area contributed by atoms with Crippen molar-refractivity contribution >= 4 is 70.6 Å². The fourth-order valence-corrected chi connectivity index (χ4v) is 11.5. The molecule has 0 fully saturated rings. The zero-order valence-electron chi connectivity index (χ0n) is 56.2. The number of nitrogens with zero attached hydrogens (tertiary/aromatic N) is 5. The lowest BCUT2D eigenvalue weighted by molar-refractivity contribution is -0.137. The molecule has 0 spiro atoms. The van der Waals surface area contributed by atoms with Crippen LogP contribution in [0.15, 0.2) is 114 Å². The number of ether oxygens (including phenoxy) is 9. The highest BCUT2D eigenvalue weighted by atomic mass is 16.6. The third-order valence-corrected chi connectivity index (χ3v) is 16.8. The van der Waals surface area contributed by atoms with Gasteiger partial charge in [0.1, 0.15) is 18.2 Å². The van der Waals surface area contributed by atoms with Gasteiger partial charge in [0.2, 0.25) is 5.91 Å². The zero-order chi connectivity index (χ0) is 69.5. The number of imide groups is 1. The average Bonchev–Trinajstić information content (AvgIpc) is 1.62. The molecule has 0 aliphatic carbocycles. The molecule has 520 valence electrons. The van der Waals surface area contributed by atoms with E-state index in [1.54, 1.807) is 60.6 Å². The van der Waals surface area contributed by atoms with Gasteiger partial charge in [0.25, 0.3) is 23.6 Å². The number of anilines is 1. The number of nitrogens with one attached hydrogen (secondary N) is 1. The maximum Gasteiger partial charge on any atom is 0.416 e. The fraction of sp³-hybridized carbons (Fsp3) is 0.472. The van der Waals surface area contributed by atoms with Crippen LogP contribution in [0.1, 0.15) is 118 Å². The van der Waals surface area contributed by atoms with E-state index < -0.39 is 54.0 Å². The summed E-state index contributed by atoms with van der Waals surface area (Å²) in [6.45, 7) is 11.5. The Bertz CT molecular complexity index is 3520. The molecule has 0 radical (unpaired) electrons. The maximum absolute atomic E-state index is 14.4. The standard InChI is InChI=1S/C72H88N6O19/c1-8-12-50-34-52-42-73-58-40-64(62(89-6)38-56(58)69(85)76(52)43-50)95-25-11-26-96-65-41-59-57(39-63(65)90-7)70(86)77-44-51(13-9-2)35-60(77)71(87)78(59)72(88)97-45-49-17-15-48(16-18-49)36-61(81)47(5)74-68(84)55(46(3)4)37-54(80)22-27-92-29-31-94-33-32-93-30-28-91-24-10-14-53(79)21-23-75-66(82)19-20-67(75)83/h8-9,12-13,15-20,38-44,46-47,52,55,60,71,87H,10-11,14,21-37,45H2,1-7H3,(H,74,84)/b12-8+,13-9+/t47-,52-,55+,60-,71-/m0/s1. The molecule has 25 nitrogen and oxygen atoms in total. The molecule has 25 heteroatoms. The van der Waals surface area contributed by atoms with Crippen molar-refractivity contribution in [2.75, 3.05) is 91.7 Å². The molecule has 5 atom stereocenters. The van der Waals surface area contributed by atoms with Crippen molar-refractivity contribution in [2.45, 2.75) is 123 Å². The molecule has 2 N–H and O–H groups in total. The van der Waals surface area contributed by atoms with E-state index in [9.17, 15) is 48.3 Å². The van der Waals surface area contributed by atoms with Crippen LogP contribution in [0.5, 0.6) is 23.0 Å². The first kappa shape index (κ1) is 73.7. The Morgan fingerprint density at radius 3 is 1.86 bits per heavy atom. The van der Waals surface area contributed by atoms with E-state index in [4.69, 9.17) is 42.6 Å². The molecular formula is C72H88N6O19. The molecule has 0 bridgehead atoms. The molecule has 0 aromatic heterocycles. The van der Waals surface area contributed by atoms with E-state index >= 15 is 0 Å². The number of amides is 6. The Morgan fingerprint density at radius 1 is 0.649 bits per heavy atom. The number of benzene rings is 3. The van der Waals surface area contributed by atoms with Crippen LogP contribution in [0.25, 0.3) is 0 Å². The number of hydrogen-bond donors (Lipinski definition) is 2. The highest BCUT2D eigenvalue weighted by Crippen LogP contribution is 2.43. The second-order valence-electron chi connectivity index (χ2n) is 24.1. The van der Waals surface area contributed by atoms with Crippen molar-refractivity contribution in [1.29, 1.82) is 0 Å². The van der Waals surface area contributed by atoms with E-state index in [0.29, 0.717) is 86.2 Å². The highest BCUT2D eigenvalue weighted by molar-refractivity contribution is 6.13. The fourth-order valence-electron chi connectivity index (χ4n) is 11.5. The van der Waals surface area contributed by atoms with Gasteiger partial charge >= 0.3 is 6.09 Å². The van der Waals surface area contributed by atoms with Gasteiger partial charge in [-0.2, -0.15) is 0 Å². The lowest BCUT2D eigenvalue weighted by Gasteiger charge is -2.31. The molecular weight excluding hydrogens is 1250 g/mol. The number of aliphatic imine (C=N–C) groups is 1. The van der Waals surface area contributed by atoms with Gasteiger partial charge in [-0.25, -0.2) is 9.69 Å². The summed E-state index contributed by atoms with van der Waals surface area (Å²) in [7, 11) is 2.92. The molecule has 97 heavy (non-hydrogen) atoms. The number of carbonyl (C=O) groups excluding carboxylic acids is 9. The predicted octanol–water partition coefficient (Wildman–Crippen LogP) is 8.06. The van der Waals surface area contributed by atoms with E-state index in [1.165, 1.54) is 43.4 Å². The summed E-state index contributed by atoms with van der Waals surface area (Å²) in [5.74, 6) is -2.13. The Kier molecular flexibility index (Phi) is 27.5. The van der Waals surface area contributed by atoms with Crippen LogP contribution in [0.3, 0.4) is 0 Å². The van der Waals surface area contributed by atoms with Crippen LogP contribution in [0.2, 0.25) is 0 Å². The van der Waals surface area contributed by atoms with Crippen molar-refractivity contribution in [3.8, 4) is 23.0 Å². The molecule has 0 saturated carbocycles. The molecule has 3 aromatic carbocycles. The van der Waals surface area contributed by atoms with Gasteiger partial charge in [0.15, 0.2) is 35.0 Å². The third kappa shape index (κ3) is 20.0. The lowest BCUT2D eigenvalue weighted by atomic mass is 9.88. The van der Waals surface area contributed by atoms with Crippen molar-refractivity contribution in [2.24, 2.45) is 16.8 Å². The van der Waals surface area contributed by atoms with Gasteiger partial charge < -0.3 is 62.9 Å². The highest BCUT2D eigenvalue weighted by Gasteiger charge is 2.46. The molecule has 6 amide bonds. The predicted molar refractivity (Wildman–Crippen MR) is 357 cm³/mol. The van der Waals surface area contributed by atoms with Gasteiger partial charge in [-0.3, -0.25) is 48.2 Å². The number of hydrogen-bond acceptors (Lipinski definition) is 20. The second-order valence-corrected chi connectivity index (χ2v) is 24.1. The van der Waals surface area contributed by atoms with E-state index in [0.717, 1.165) is 20.9 Å². The summed E-state index contributed by atoms with van der Waals surface area (Å²) in [6.07, 6.45) is 14.9. The first-order valence-electron chi connectivity index (χ1n) is 32.8. The van der Waals surface area contributed by atoms with Crippen LogP contribution >= 0.6 is 0 Å². The Labute approximate surface area is 565 Å². The summed E-state index contributed by atoms with van der Waals surface area (Å²) in [5.41, 5.74) is 3.90. The number of methoxy groups -OCH3 is 2. The average molecular weight is 1340 g/mol. The monoisotopic (exact) mass is 1340 g/mol. The van der Waals surface area contributed by atoms with Crippen molar-refractivity contribution in [1.82, 2.24) is 20.0 Å². The largest absolute Gasteiger partial charge is 0.493 e. The van der Waals surface area contributed by atoms with Gasteiger partial charge in [-0.05, 0) is 80.4 Å². The van der Waals surface area contributed by atoms with Crippen molar-refractivity contribution in [3.05, 3.63) is 131 Å². The smallest absolute Gasteiger partial charge is 0.416 e. The zero-order valence-corrected chi connectivity index (χ0v) is 56.2. The molecule has 3 aromatic rings.